The molecule has 0 spiro atoms. The molecule has 0 aliphatic carbocycles. The lowest BCUT2D eigenvalue weighted by Crippen LogP contribution is -2.44. The van der Waals surface area contributed by atoms with Crippen LogP contribution in [0.4, 0.5) is 15.8 Å². The van der Waals surface area contributed by atoms with Gasteiger partial charge >= 0.3 is 5.97 Å². The topological polar surface area (TPSA) is 116 Å². The van der Waals surface area contributed by atoms with Gasteiger partial charge in [0.05, 0.1) is 0 Å². The van der Waals surface area contributed by atoms with Crippen molar-refractivity contribution < 1.29 is 23.6 Å². The van der Waals surface area contributed by atoms with E-state index in [1.165, 1.54) is 18.2 Å². The number of aromatic nitrogens is 1. The molecule has 1 atom stereocenters. The van der Waals surface area contributed by atoms with Crippen LogP contribution in [0.3, 0.4) is 0 Å². The first-order valence-corrected chi connectivity index (χ1v) is 10.1. The van der Waals surface area contributed by atoms with Crippen molar-refractivity contribution in [3.63, 3.8) is 0 Å². The lowest BCUT2D eigenvalue weighted by molar-refractivity contribution is -0.140. The van der Waals surface area contributed by atoms with Crippen LogP contribution in [0.25, 0.3) is 11.3 Å². The maximum absolute atomic E-state index is 13.3. The Hall–Kier alpha value is -3.79. The molecule has 1 heterocycles. The number of thiocarbonyl (C=S) groups is 1. The van der Waals surface area contributed by atoms with Crippen LogP contribution in [-0.4, -0.2) is 33.3 Å². The van der Waals surface area contributed by atoms with Crippen molar-refractivity contribution in [3.05, 3.63) is 66.2 Å². The van der Waals surface area contributed by atoms with Crippen molar-refractivity contribution in [2.45, 2.75) is 19.9 Å². The van der Waals surface area contributed by atoms with Crippen LogP contribution >= 0.6 is 12.2 Å². The third-order valence-electron chi connectivity index (χ3n) is 4.47. The molecule has 0 radical (unpaired) electrons. The number of rotatable bonds is 7. The van der Waals surface area contributed by atoms with E-state index >= 15 is 0 Å². The van der Waals surface area contributed by atoms with Crippen LogP contribution in [0.5, 0.6) is 0 Å². The summed E-state index contributed by atoms with van der Waals surface area (Å²) in [5.74, 6) is -2.53. The van der Waals surface area contributed by atoms with Gasteiger partial charge in [0.25, 0.3) is 5.91 Å². The molecule has 2 aromatic carbocycles. The second-order valence-electron chi connectivity index (χ2n) is 7.28. The van der Waals surface area contributed by atoms with Crippen LogP contribution in [0.1, 0.15) is 24.4 Å². The van der Waals surface area contributed by atoms with Gasteiger partial charge in [0.15, 0.2) is 5.11 Å². The van der Waals surface area contributed by atoms with Gasteiger partial charge < -0.3 is 25.6 Å². The number of carboxylic acid groups (broad SMARTS) is 1. The average Bonchev–Trinajstić information content (AvgIpc) is 3.22. The number of benzene rings is 2. The zero-order valence-electron chi connectivity index (χ0n) is 17.3. The molecule has 32 heavy (non-hydrogen) atoms. The van der Waals surface area contributed by atoms with Gasteiger partial charge in [-0.3, -0.25) is 4.79 Å². The molecule has 166 valence electrons. The second-order valence-corrected chi connectivity index (χ2v) is 7.68. The molecule has 3 aromatic rings. The van der Waals surface area contributed by atoms with E-state index in [0.29, 0.717) is 27.7 Å². The summed E-state index contributed by atoms with van der Waals surface area (Å²) in [4.78, 5) is 23.6. The highest BCUT2D eigenvalue weighted by Gasteiger charge is 2.25. The molecule has 10 heteroatoms. The zero-order chi connectivity index (χ0) is 23.3. The number of aliphatic carboxylic acids is 1. The van der Waals surface area contributed by atoms with E-state index in [2.05, 4.69) is 21.1 Å². The number of carbonyl (C=O) groups is 2. The van der Waals surface area contributed by atoms with Gasteiger partial charge in [-0.2, -0.15) is 0 Å². The van der Waals surface area contributed by atoms with Gasteiger partial charge in [-0.05, 0) is 48.5 Å². The van der Waals surface area contributed by atoms with Crippen LogP contribution in [-0.2, 0) is 4.79 Å². The van der Waals surface area contributed by atoms with E-state index in [-0.39, 0.29) is 17.5 Å². The summed E-state index contributed by atoms with van der Waals surface area (Å²) in [6, 6.07) is 13.3. The number of nitrogens with one attached hydrogen (secondary N) is 3. The summed E-state index contributed by atoms with van der Waals surface area (Å²) in [5.41, 5.74) is 2.31. The molecule has 0 saturated heterocycles. The fourth-order valence-corrected chi connectivity index (χ4v) is 3.06. The predicted octanol–water partition coefficient (Wildman–Crippen LogP) is 4.13. The fourth-order valence-electron chi connectivity index (χ4n) is 2.83. The van der Waals surface area contributed by atoms with Gasteiger partial charge in [-0.15, -0.1) is 0 Å². The Morgan fingerprint density at radius 1 is 1.06 bits per heavy atom. The lowest BCUT2D eigenvalue weighted by atomic mass is 10.0. The Kier molecular flexibility index (Phi) is 7.16. The summed E-state index contributed by atoms with van der Waals surface area (Å²) >= 11 is 5.23. The molecule has 0 fully saturated rings. The minimum atomic E-state index is -1.12. The fraction of sp³-hybridized carbons (Fsp3) is 0.182. The minimum Gasteiger partial charge on any atom is -0.480 e. The minimum absolute atomic E-state index is 0.0884. The zero-order valence-corrected chi connectivity index (χ0v) is 18.1. The molecular formula is C22H21FN4O4S. The van der Waals surface area contributed by atoms with E-state index < -0.39 is 17.9 Å². The number of nitrogens with zero attached hydrogens (tertiary/aromatic N) is 1. The molecule has 0 saturated carbocycles. The highest BCUT2D eigenvalue weighted by Crippen LogP contribution is 2.22. The maximum atomic E-state index is 13.3. The predicted molar refractivity (Wildman–Crippen MR) is 122 cm³/mol. The van der Waals surface area contributed by atoms with Crippen molar-refractivity contribution in [2.24, 2.45) is 5.92 Å². The summed E-state index contributed by atoms with van der Waals surface area (Å²) < 4.78 is 18.3. The van der Waals surface area contributed by atoms with Gasteiger partial charge in [-0.1, -0.05) is 37.2 Å². The van der Waals surface area contributed by atoms with E-state index in [1.807, 2.05) is 0 Å². The van der Waals surface area contributed by atoms with Gasteiger partial charge in [-0.25, -0.2) is 9.18 Å². The number of hydrogen-bond donors (Lipinski definition) is 4. The Bertz CT molecular complexity index is 1130. The molecule has 0 bridgehead atoms. The smallest absolute Gasteiger partial charge is 0.326 e. The number of carbonyl (C=O) groups excluding carboxylic acids is 1. The monoisotopic (exact) mass is 456 g/mol. The third-order valence-corrected chi connectivity index (χ3v) is 4.68. The van der Waals surface area contributed by atoms with Crippen molar-refractivity contribution in [1.82, 2.24) is 10.5 Å². The maximum Gasteiger partial charge on any atom is 0.326 e. The van der Waals surface area contributed by atoms with Crippen molar-refractivity contribution in [1.29, 1.82) is 0 Å². The molecule has 1 amide bonds. The summed E-state index contributed by atoms with van der Waals surface area (Å²) in [6.45, 7) is 3.39. The second kappa shape index (κ2) is 10.0. The summed E-state index contributed by atoms with van der Waals surface area (Å²) in [5, 5.41) is 21.7. The summed E-state index contributed by atoms with van der Waals surface area (Å²) in [7, 11) is 0. The van der Waals surface area contributed by atoms with E-state index in [9.17, 15) is 19.1 Å². The Labute approximate surface area is 188 Å². The standard InChI is InChI=1S/C22H21FN4O4S/c1-12(2)19(21(29)30)26-20(28)18-11-17(27-31-18)13-6-8-15(9-7-13)24-22(32)25-16-5-3-4-14(23)10-16/h3-12,19H,1-2H3,(H,26,28)(H,29,30)(H2,24,25,32)/t19-/m0/s1. The third kappa shape index (κ3) is 5.88. The normalized spacial score (nSPS) is 11.6. The molecular weight excluding hydrogens is 435 g/mol. The van der Waals surface area contributed by atoms with Crippen molar-refractivity contribution >= 4 is 40.6 Å². The SMILES string of the molecule is CC(C)[C@H](NC(=O)c1cc(-c2ccc(NC(=S)Nc3cccc(F)c3)cc2)no1)C(=O)O. The van der Waals surface area contributed by atoms with Gasteiger partial charge in [0, 0.05) is 23.0 Å². The number of carboxylic acids is 1. The first-order valence-electron chi connectivity index (χ1n) is 9.67. The molecule has 0 aliphatic rings. The van der Waals surface area contributed by atoms with Crippen LogP contribution in [0.2, 0.25) is 0 Å². The highest BCUT2D eigenvalue weighted by atomic mass is 32.1. The molecule has 3 rings (SSSR count). The van der Waals surface area contributed by atoms with Gasteiger partial charge in [0.1, 0.15) is 17.6 Å². The average molecular weight is 456 g/mol. The Morgan fingerprint density at radius 2 is 1.75 bits per heavy atom. The van der Waals surface area contributed by atoms with Crippen LogP contribution in [0.15, 0.2) is 59.1 Å². The number of hydrogen-bond acceptors (Lipinski definition) is 5. The van der Waals surface area contributed by atoms with Crippen LogP contribution < -0.4 is 16.0 Å². The molecule has 0 unspecified atom stereocenters. The van der Waals surface area contributed by atoms with E-state index in [4.69, 9.17) is 16.7 Å². The Balaban J connectivity index is 1.62. The molecule has 4 N–H and O–H groups in total. The van der Waals surface area contributed by atoms with Crippen LogP contribution in [0, 0.1) is 11.7 Å². The molecule has 0 aliphatic heterocycles. The Morgan fingerprint density at radius 3 is 2.38 bits per heavy atom. The van der Waals surface area contributed by atoms with Crippen molar-refractivity contribution in [2.75, 3.05) is 10.6 Å². The van der Waals surface area contributed by atoms with Crippen molar-refractivity contribution in [3.8, 4) is 11.3 Å². The first-order chi connectivity index (χ1) is 15.2. The number of halogens is 1. The summed E-state index contributed by atoms with van der Waals surface area (Å²) in [6.07, 6.45) is 0. The largest absolute Gasteiger partial charge is 0.480 e. The lowest BCUT2D eigenvalue weighted by Gasteiger charge is -2.16. The number of anilines is 2. The quantitative estimate of drug-likeness (QED) is 0.392. The molecule has 8 nitrogen and oxygen atoms in total. The van der Waals surface area contributed by atoms with E-state index in [0.717, 1.165) is 0 Å². The highest BCUT2D eigenvalue weighted by molar-refractivity contribution is 7.80. The first kappa shape index (κ1) is 22.9. The van der Waals surface area contributed by atoms with E-state index in [1.54, 1.807) is 50.2 Å². The molecule has 1 aromatic heterocycles. The number of amides is 1. The van der Waals surface area contributed by atoms with Gasteiger partial charge in [0.2, 0.25) is 5.76 Å².